The minimum atomic E-state index is -0.700. The number of allylic oxidation sites excluding steroid dienone is 4. The number of aliphatic hydroxyl groups is 2. The number of aliphatic imine (C=N–C) groups is 1. The van der Waals surface area contributed by atoms with E-state index in [0.29, 0.717) is 12.8 Å². The van der Waals surface area contributed by atoms with Crippen LogP contribution in [0.3, 0.4) is 0 Å². The molecule has 0 heterocycles. The Labute approximate surface area is 133 Å². The fourth-order valence-corrected chi connectivity index (χ4v) is 1.87. The van der Waals surface area contributed by atoms with Gasteiger partial charge in [0.25, 0.3) is 0 Å². The number of nitrogens with two attached hydrogens (primary N) is 1. The summed E-state index contributed by atoms with van der Waals surface area (Å²) < 4.78 is 0. The molecule has 0 saturated heterocycles. The quantitative estimate of drug-likeness (QED) is 0.204. The van der Waals surface area contributed by atoms with Crippen LogP contribution in [0, 0.1) is 0 Å². The van der Waals surface area contributed by atoms with Gasteiger partial charge in [0.15, 0.2) is 5.96 Å². The van der Waals surface area contributed by atoms with Crippen LogP contribution >= 0.6 is 0 Å². The van der Waals surface area contributed by atoms with E-state index in [2.05, 4.69) is 23.5 Å². The van der Waals surface area contributed by atoms with E-state index in [9.17, 15) is 10.2 Å². The molecule has 0 saturated carbocycles. The zero-order valence-corrected chi connectivity index (χ0v) is 13.5. The first-order valence-electron chi connectivity index (χ1n) is 7.50. The van der Waals surface area contributed by atoms with Gasteiger partial charge in [-0.2, -0.15) is 0 Å². The van der Waals surface area contributed by atoms with Gasteiger partial charge in [-0.3, -0.25) is 0 Å². The lowest BCUT2D eigenvalue weighted by Gasteiger charge is -2.30. The number of guanidine groups is 1. The normalized spacial score (nSPS) is 15.5. The second-order valence-electron chi connectivity index (χ2n) is 5.00. The first-order valence-corrected chi connectivity index (χ1v) is 7.50. The molecule has 0 radical (unpaired) electrons. The van der Waals surface area contributed by atoms with Gasteiger partial charge in [0.1, 0.15) is 5.76 Å². The molecule has 0 aliphatic heterocycles. The second kappa shape index (κ2) is 11.6. The lowest BCUT2D eigenvalue weighted by Crippen LogP contribution is -2.52. The standard InChI is InChI=1S/C17H29N3O2/c1-4-7-9-12-17(14-21,11-8-5-2)20-16(18)19-13-15(22)10-6-3/h4-5,9-10,12,21-22H,1-2,6-8,11,13-14H2,3H3,(H3,18,19,20)/b12-9-,15-10-. The molecule has 1 unspecified atom stereocenters. The lowest BCUT2D eigenvalue weighted by molar-refractivity contribution is 0.205. The van der Waals surface area contributed by atoms with E-state index in [-0.39, 0.29) is 24.9 Å². The van der Waals surface area contributed by atoms with Crippen molar-refractivity contribution in [2.45, 2.75) is 38.1 Å². The van der Waals surface area contributed by atoms with Crippen LogP contribution in [0.4, 0.5) is 0 Å². The molecule has 0 aliphatic rings. The zero-order valence-electron chi connectivity index (χ0n) is 13.5. The average Bonchev–Trinajstić information content (AvgIpc) is 2.51. The van der Waals surface area contributed by atoms with Crippen molar-refractivity contribution < 1.29 is 10.2 Å². The Morgan fingerprint density at radius 1 is 1.36 bits per heavy atom. The second-order valence-corrected chi connectivity index (χ2v) is 5.00. The summed E-state index contributed by atoms with van der Waals surface area (Å²) in [5.74, 6) is 0.354. The van der Waals surface area contributed by atoms with Crippen LogP contribution in [0.1, 0.15) is 32.6 Å². The van der Waals surface area contributed by atoms with Crippen LogP contribution in [-0.2, 0) is 0 Å². The fraction of sp³-hybridized carbons (Fsp3) is 0.471. The summed E-state index contributed by atoms with van der Waals surface area (Å²) in [5, 5.41) is 22.4. The number of rotatable bonds is 11. The van der Waals surface area contributed by atoms with Crippen LogP contribution in [-0.4, -0.2) is 34.9 Å². The Hall–Kier alpha value is -2.01. The highest BCUT2D eigenvalue weighted by atomic mass is 16.3. The summed E-state index contributed by atoms with van der Waals surface area (Å²) in [6, 6.07) is 0. The van der Waals surface area contributed by atoms with Crippen molar-refractivity contribution >= 4 is 5.96 Å². The lowest BCUT2D eigenvalue weighted by atomic mass is 9.93. The average molecular weight is 307 g/mol. The van der Waals surface area contributed by atoms with Gasteiger partial charge in [-0.15, -0.1) is 13.2 Å². The summed E-state index contributed by atoms with van der Waals surface area (Å²) >= 11 is 0. The summed E-state index contributed by atoms with van der Waals surface area (Å²) in [7, 11) is 0. The first kappa shape index (κ1) is 20.0. The summed E-state index contributed by atoms with van der Waals surface area (Å²) in [6.45, 7) is 9.29. The summed E-state index contributed by atoms with van der Waals surface area (Å²) in [4.78, 5) is 4.09. The monoisotopic (exact) mass is 307 g/mol. The van der Waals surface area contributed by atoms with E-state index in [4.69, 9.17) is 5.73 Å². The van der Waals surface area contributed by atoms with Crippen LogP contribution in [0.2, 0.25) is 0 Å². The maximum atomic E-state index is 9.77. The highest BCUT2D eigenvalue weighted by molar-refractivity contribution is 5.79. The van der Waals surface area contributed by atoms with Gasteiger partial charge in [0.05, 0.1) is 18.7 Å². The number of hydrogen-bond donors (Lipinski definition) is 4. The van der Waals surface area contributed by atoms with Crippen molar-refractivity contribution in [2.24, 2.45) is 10.7 Å². The Morgan fingerprint density at radius 3 is 2.64 bits per heavy atom. The maximum absolute atomic E-state index is 9.77. The predicted molar refractivity (Wildman–Crippen MR) is 93.8 cm³/mol. The van der Waals surface area contributed by atoms with Crippen LogP contribution < -0.4 is 11.1 Å². The summed E-state index contributed by atoms with van der Waals surface area (Å²) in [6.07, 6.45) is 11.8. The van der Waals surface area contributed by atoms with Gasteiger partial charge in [-0.25, -0.2) is 4.99 Å². The third-order valence-electron chi connectivity index (χ3n) is 3.04. The van der Waals surface area contributed by atoms with E-state index in [1.54, 1.807) is 18.2 Å². The molecule has 0 aromatic rings. The molecule has 5 nitrogen and oxygen atoms in total. The Balaban J connectivity index is 4.99. The molecule has 0 fully saturated rings. The Morgan fingerprint density at radius 2 is 2.09 bits per heavy atom. The number of aliphatic hydroxyl groups excluding tert-OH is 2. The van der Waals surface area contributed by atoms with Crippen molar-refractivity contribution in [3.05, 3.63) is 49.3 Å². The molecule has 0 rings (SSSR count). The molecule has 5 heteroatoms. The minimum Gasteiger partial charge on any atom is -0.511 e. The van der Waals surface area contributed by atoms with Crippen molar-refractivity contribution in [1.29, 1.82) is 0 Å². The molecular formula is C17H29N3O2. The van der Waals surface area contributed by atoms with Gasteiger partial charge in [-0.1, -0.05) is 31.2 Å². The van der Waals surface area contributed by atoms with Crippen LogP contribution in [0.25, 0.3) is 0 Å². The van der Waals surface area contributed by atoms with E-state index in [0.717, 1.165) is 12.8 Å². The molecule has 22 heavy (non-hydrogen) atoms. The van der Waals surface area contributed by atoms with Gasteiger partial charge in [0.2, 0.25) is 0 Å². The van der Waals surface area contributed by atoms with E-state index in [1.807, 2.05) is 19.1 Å². The SMILES string of the molecule is C=CC/C=C\C(CO)(CCC=C)NC(N)=NC/C(O)=C/CC. The van der Waals surface area contributed by atoms with Gasteiger partial charge in [0, 0.05) is 0 Å². The largest absolute Gasteiger partial charge is 0.511 e. The third kappa shape index (κ3) is 8.32. The third-order valence-corrected chi connectivity index (χ3v) is 3.04. The molecule has 0 amide bonds. The molecule has 5 N–H and O–H groups in total. The summed E-state index contributed by atoms with van der Waals surface area (Å²) in [5.41, 5.74) is 5.17. The predicted octanol–water partition coefficient (Wildman–Crippen LogP) is 2.57. The smallest absolute Gasteiger partial charge is 0.189 e. The number of nitrogens with zero attached hydrogens (tertiary/aromatic N) is 1. The molecule has 0 aromatic heterocycles. The van der Waals surface area contributed by atoms with Crippen molar-refractivity contribution in [3.63, 3.8) is 0 Å². The van der Waals surface area contributed by atoms with Gasteiger partial charge >= 0.3 is 0 Å². The maximum Gasteiger partial charge on any atom is 0.189 e. The zero-order chi connectivity index (χ0) is 16.8. The molecule has 0 spiro atoms. The van der Waals surface area contributed by atoms with Crippen LogP contribution in [0.5, 0.6) is 0 Å². The number of hydrogen-bond acceptors (Lipinski definition) is 3. The van der Waals surface area contributed by atoms with Crippen molar-refractivity contribution in [2.75, 3.05) is 13.2 Å². The Bertz CT molecular complexity index is 428. The highest BCUT2D eigenvalue weighted by Crippen LogP contribution is 2.15. The van der Waals surface area contributed by atoms with Crippen molar-refractivity contribution in [1.82, 2.24) is 5.32 Å². The molecule has 1 atom stereocenters. The fourth-order valence-electron chi connectivity index (χ4n) is 1.87. The molecule has 0 aromatic carbocycles. The molecular weight excluding hydrogens is 278 g/mol. The van der Waals surface area contributed by atoms with Crippen molar-refractivity contribution in [3.8, 4) is 0 Å². The number of nitrogens with one attached hydrogen (secondary N) is 1. The first-order chi connectivity index (χ1) is 10.5. The Kier molecular flexibility index (Phi) is 10.6. The molecule has 0 aliphatic carbocycles. The van der Waals surface area contributed by atoms with Crippen LogP contribution in [0.15, 0.2) is 54.3 Å². The van der Waals surface area contributed by atoms with E-state index >= 15 is 0 Å². The van der Waals surface area contributed by atoms with E-state index in [1.165, 1.54) is 0 Å². The minimum absolute atomic E-state index is 0.117. The van der Waals surface area contributed by atoms with Gasteiger partial charge < -0.3 is 21.3 Å². The highest BCUT2D eigenvalue weighted by Gasteiger charge is 2.25. The van der Waals surface area contributed by atoms with E-state index < -0.39 is 5.54 Å². The topological polar surface area (TPSA) is 90.9 Å². The van der Waals surface area contributed by atoms with Gasteiger partial charge in [-0.05, 0) is 31.8 Å². The molecule has 124 valence electrons. The molecule has 0 bridgehead atoms.